The molecule has 0 spiro atoms. The number of nitrogens with one attached hydrogen (secondary N) is 1. The first kappa shape index (κ1) is 13.1. The molecule has 4 nitrogen and oxygen atoms in total. The van der Waals surface area contributed by atoms with Crippen LogP contribution in [-0.2, 0) is 13.1 Å². The van der Waals surface area contributed by atoms with Crippen molar-refractivity contribution in [3.8, 4) is 0 Å². The molecule has 1 N–H and O–H groups in total. The average Bonchev–Trinajstić information content (AvgIpc) is 3.10. The molecule has 1 aromatic rings. The van der Waals surface area contributed by atoms with E-state index in [1.54, 1.807) is 0 Å². The molecule has 2 unspecified atom stereocenters. The van der Waals surface area contributed by atoms with Crippen molar-refractivity contribution in [3.05, 3.63) is 18.2 Å². The molecular formula is C15H26N4. The van der Waals surface area contributed by atoms with Crippen LogP contribution < -0.4 is 5.32 Å². The molecule has 0 aliphatic carbocycles. The molecule has 2 aliphatic heterocycles. The van der Waals surface area contributed by atoms with E-state index in [1.807, 2.05) is 6.20 Å². The third-order valence-electron chi connectivity index (χ3n) is 4.72. The van der Waals surface area contributed by atoms with Crippen LogP contribution in [0.15, 0.2) is 12.4 Å². The first-order valence-corrected chi connectivity index (χ1v) is 7.82. The van der Waals surface area contributed by atoms with Crippen LogP contribution in [0.5, 0.6) is 0 Å². The van der Waals surface area contributed by atoms with Crippen molar-refractivity contribution in [2.45, 2.75) is 51.7 Å². The number of piperidine rings is 1. The maximum absolute atomic E-state index is 4.51. The quantitative estimate of drug-likeness (QED) is 0.899. The Morgan fingerprint density at radius 1 is 1.37 bits per heavy atom. The van der Waals surface area contributed by atoms with E-state index in [2.05, 4.69) is 32.9 Å². The lowest BCUT2D eigenvalue weighted by Crippen LogP contribution is -2.43. The van der Waals surface area contributed by atoms with Crippen LogP contribution in [0.1, 0.15) is 38.4 Å². The van der Waals surface area contributed by atoms with Crippen molar-refractivity contribution in [1.82, 2.24) is 19.8 Å². The normalized spacial score (nSPS) is 28.9. The second-order valence-electron chi connectivity index (χ2n) is 5.97. The van der Waals surface area contributed by atoms with Gasteiger partial charge < -0.3 is 9.88 Å². The number of rotatable bonds is 4. The van der Waals surface area contributed by atoms with Crippen LogP contribution >= 0.6 is 0 Å². The molecule has 0 amide bonds. The molecule has 0 saturated carbocycles. The Labute approximate surface area is 116 Å². The molecule has 2 saturated heterocycles. The van der Waals surface area contributed by atoms with Gasteiger partial charge in [0.15, 0.2) is 0 Å². The molecule has 2 fully saturated rings. The van der Waals surface area contributed by atoms with Crippen molar-refractivity contribution in [2.75, 3.05) is 19.6 Å². The summed E-state index contributed by atoms with van der Waals surface area (Å²) in [6.07, 6.45) is 9.50. The van der Waals surface area contributed by atoms with Crippen LogP contribution in [0.3, 0.4) is 0 Å². The number of hydrogen-bond donors (Lipinski definition) is 1. The number of imidazole rings is 1. The minimum absolute atomic E-state index is 0.772. The van der Waals surface area contributed by atoms with Gasteiger partial charge >= 0.3 is 0 Å². The van der Waals surface area contributed by atoms with Crippen molar-refractivity contribution in [3.63, 3.8) is 0 Å². The summed E-state index contributed by atoms with van der Waals surface area (Å²) in [5, 5.41) is 3.68. The second-order valence-corrected chi connectivity index (χ2v) is 5.97. The molecule has 2 atom stereocenters. The predicted molar refractivity (Wildman–Crippen MR) is 76.9 cm³/mol. The third-order valence-corrected chi connectivity index (χ3v) is 4.72. The van der Waals surface area contributed by atoms with E-state index in [0.29, 0.717) is 0 Å². The summed E-state index contributed by atoms with van der Waals surface area (Å²) in [5.74, 6) is 2.07. The summed E-state index contributed by atoms with van der Waals surface area (Å²) in [6, 6.07) is 0.772. The van der Waals surface area contributed by atoms with Crippen molar-refractivity contribution in [1.29, 1.82) is 0 Å². The molecule has 19 heavy (non-hydrogen) atoms. The summed E-state index contributed by atoms with van der Waals surface area (Å²) < 4.78 is 2.26. The zero-order valence-corrected chi connectivity index (χ0v) is 12.0. The predicted octanol–water partition coefficient (Wildman–Crippen LogP) is 1.87. The fourth-order valence-electron chi connectivity index (χ4n) is 3.66. The Morgan fingerprint density at radius 2 is 2.32 bits per heavy atom. The van der Waals surface area contributed by atoms with Crippen LogP contribution in [-0.4, -0.2) is 40.1 Å². The van der Waals surface area contributed by atoms with Crippen LogP contribution in [0.2, 0.25) is 0 Å². The third kappa shape index (κ3) is 3.00. The molecule has 1 aromatic heterocycles. The molecule has 2 aliphatic rings. The number of aromatic nitrogens is 2. The highest BCUT2D eigenvalue weighted by molar-refractivity contribution is 4.94. The summed E-state index contributed by atoms with van der Waals surface area (Å²) in [5.41, 5.74) is 0. The molecule has 0 aromatic carbocycles. The smallest absolute Gasteiger partial charge is 0.122 e. The van der Waals surface area contributed by atoms with E-state index in [-0.39, 0.29) is 0 Å². The zero-order valence-electron chi connectivity index (χ0n) is 12.0. The maximum Gasteiger partial charge on any atom is 0.122 e. The minimum Gasteiger partial charge on any atom is -0.334 e. The summed E-state index contributed by atoms with van der Waals surface area (Å²) in [4.78, 5) is 7.11. The fraction of sp³-hybridized carbons (Fsp3) is 0.800. The lowest BCUT2D eigenvalue weighted by atomic mass is 9.90. The van der Waals surface area contributed by atoms with Gasteiger partial charge in [-0.2, -0.15) is 0 Å². The van der Waals surface area contributed by atoms with Gasteiger partial charge in [-0.1, -0.05) is 0 Å². The largest absolute Gasteiger partial charge is 0.334 e. The van der Waals surface area contributed by atoms with E-state index < -0.39 is 0 Å². The Morgan fingerprint density at radius 3 is 3.11 bits per heavy atom. The van der Waals surface area contributed by atoms with Crippen molar-refractivity contribution >= 4 is 0 Å². The molecule has 3 heterocycles. The van der Waals surface area contributed by atoms with Gasteiger partial charge in [-0.3, -0.25) is 4.90 Å². The highest BCUT2D eigenvalue weighted by atomic mass is 15.2. The Kier molecular flexibility index (Phi) is 4.18. The SMILES string of the molecule is CCn1ccnc1CN1CCCC(C2CCCN2)C1. The lowest BCUT2D eigenvalue weighted by molar-refractivity contribution is 0.141. The van der Waals surface area contributed by atoms with E-state index in [0.717, 1.165) is 25.0 Å². The van der Waals surface area contributed by atoms with Gasteiger partial charge in [-0.05, 0) is 51.6 Å². The Hall–Kier alpha value is -0.870. The standard InChI is InChI=1S/C15H26N4/c1-2-19-10-8-17-15(19)12-18-9-4-5-13(11-18)14-6-3-7-16-14/h8,10,13-14,16H,2-7,9,11-12H2,1H3. The topological polar surface area (TPSA) is 33.1 Å². The molecule has 106 valence electrons. The number of likely N-dealkylation sites (tertiary alicyclic amines) is 1. The maximum atomic E-state index is 4.51. The summed E-state index contributed by atoms with van der Waals surface area (Å²) >= 11 is 0. The van der Waals surface area contributed by atoms with E-state index in [1.165, 1.54) is 51.1 Å². The highest BCUT2D eigenvalue weighted by Gasteiger charge is 2.29. The van der Waals surface area contributed by atoms with Gasteiger partial charge in [0.05, 0.1) is 6.54 Å². The molecule has 0 bridgehead atoms. The van der Waals surface area contributed by atoms with Gasteiger partial charge in [-0.25, -0.2) is 4.98 Å². The Bertz CT molecular complexity index is 395. The fourth-order valence-corrected chi connectivity index (χ4v) is 3.66. The van der Waals surface area contributed by atoms with E-state index >= 15 is 0 Å². The van der Waals surface area contributed by atoms with Gasteiger partial charge in [0, 0.05) is 31.5 Å². The molecular weight excluding hydrogens is 236 g/mol. The lowest BCUT2D eigenvalue weighted by Gasteiger charge is -2.35. The minimum atomic E-state index is 0.772. The number of hydrogen-bond acceptors (Lipinski definition) is 3. The van der Waals surface area contributed by atoms with Gasteiger partial charge in [-0.15, -0.1) is 0 Å². The van der Waals surface area contributed by atoms with Crippen LogP contribution in [0.4, 0.5) is 0 Å². The highest BCUT2D eigenvalue weighted by Crippen LogP contribution is 2.25. The molecule has 3 rings (SSSR count). The molecule has 4 heteroatoms. The van der Waals surface area contributed by atoms with Crippen LogP contribution in [0.25, 0.3) is 0 Å². The van der Waals surface area contributed by atoms with E-state index in [9.17, 15) is 0 Å². The van der Waals surface area contributed by atoms with Crippen LogP contribution in [0, 0.1) is 5.92 Å². The monoisotopic (exact) mass is 262 g/mol. The van der Waals surface area contributed by atoms with Gasteiger partial charge in [0.1, 0.15) is 5.82 Å². The van der Waals surface area contributed by atoms with Gasteiger partial charge in [0.2, 0.25) is 0 Å². The van der Waals surface area contributed by atoms with Crippen molar-refractivity contribution in [2.24, 2.45) is 5.92 Å². The summed E-state index contributed by atoms with van der Waals surface area (Å²) in [7, 11) is 0. The first-order chi connectivity index (χ1) is 9.36. The second kappa shape index (κ2) is 6.06. The average molecular weight is 262 g/mol. The number of aryl methyl sites for hydroxylation is 1. The number of nitrogens with zero attached hydrogens (tertiary/aromatic N) is 3. The molecule has 0 radical (unpaired) electrons. The Balaban J connectivity index is 1.59. The van der Waals surface area contributed by atoms with Gasteiger partial charge in [0.25, 0.3) is 0 Å². The van der Waals surface area contributed by atoms with Crippen molar-refractivity contribution < 1.29 is 0 Å². The first-order valence-electron chi connectivity index (χ1n) is 7.82. The summed E-state index contributed by atoms with van der Waals surface area (Å²) in [6.45, 7) is 7.93. The zero-order chi connectivity index (χ0) is 13.1. The van der Waals surface area contributed by atoms with E-state index in [4.69, 9.17) is 0 Å².